The van der Waals surface area contributed by atoms with E-state index >= 15 is 0 Å². The number of hydrogen-bond donors (Lipinski definition) is 2. The van der Waals surface area contributed by atoms with Crippen LogP contribution < -0.4 is 14.8 Å². The molecule has 1 heterocycles. The Labute approximate surface area is 160 Å². The molecule has 1 atom stereocenters. The maximum Gasteiger partial charge on any atom is 0.257 e. The van der Waals surface area contributed by atoms with E-state index in [1.807, 2.05) is 14.0 Å². The second-order valence-corrected chi connectivity index (χ2v) is 7.73. The first-order valence-electron chi connectivity index (χ1n) is 7.97. The van der Waals surface area contributed by atoms with Gasteiger partial charge in [-0.25, -0.2) is 13.1 Å². The standard InChI is InChI=1S/C16H24N4O4S.ClH/c1-10(2)20-25(21,22)14-9-12(6-7-13(14)23-5)16-18-15(19-24-16)8-11(3)17-4;/h6-7,9-11,17,20H,8H2,1-5H3;1H. The number of nitrogens with one attached hydrogen (secondary N) is 2. The molecular weight excluding hydrogens is 380 g/mol. The van der Waals surface area contributed by atoms with Crippen molar-refractivity contribution >= 4 is 22.4 Å². The van der Waals surface area contributed by atoms with Crippen LogP contribution in [0.4, 0.5) is 0 Å². The molecule has 0 saturated heterocycles. The number of methoxy groups -OCH3 is 1. The molecule has 1 unspecified atom stereocenters. The number of halogens is 1. The molecule has 0 amide bonds. The van der Waals surface area contributed by atoms with Crippen molar-refractivity contribution in [1.29, 1.82) is 0 Å². The highest BCUT2D eigenvalue weighted by Gasteiger charge is 2.22. The minimum Gasteiger partial charge on any atom is -0.495 e. The molecule has 0 bridgehead atoms. The normalized spacial score (nSPS) is 12.7. The van der Waals surface area contributed by atoms with Gasteiger partial charge in [-0.05, 0) is 46.0 Å². The summed E-state index contributed by atoms with van der Waals surface area (Å²) >= 11 is 0. The van der Waals surface area contributed by atoms with Gasteiger partial charge in [-0.2, -0.15) is 4.98 Å². The fourth-order valence-electron chi connectivity index (χ4n) is 2.22. The minimum absolute atomic E-state index is 0. The topological polar surface area (TPSA) is 106 Å². The smallest absolute Gasteiger partial charge is 0.257 e. The van der Waals surface area contributed by atoms with Crippen LogP contribution in [0.5, 0.6) is 5.75 Å². The maximum absolute atomic E-state index is 12.5. The molecule has 0 spiro atoms. The van der Waals surface area contributed by atoms with Crippen LogP contribution in [0.25, 0.3) is 11.5 Å². The second kappa shape index (κ2) is 9.31. The predicted molar refractivity (Wildman–Crippen MR) is 101 cm³/mol. The van der Waals surface area contributed by atoms with E-state index in [2.05, 4.69) is 20.2 Å². The molecular formula is C16H25ClN4O4S. The first-order chi connectivity index (χ1) is 11.8. The molecule has 2 N–H and O–H groups in total. The molecule has 0 radical (unpaired) electrons. The highest BCUT2D eigenvalue weighted by Crippen LogP contribution is 2.29. The third-order valence-corrected chi connectivity index (χ3v) is 5.22. The number of aromatic nitrogens is 2. The summed E-state index contributed by atoms with van der Waals surface area (Å²) in [6.07, 6.45) is 0.607. The molecule has 0 fully saturated rings. The number of benzene rings is 1. The van der Waals surface area contributed by atoms with E-state index in [4.69, 9.17) is 9.26 Å². The number of nitrogens with zero attached hydrogens (tertiary/aromatic N) is 2. The van der Waals surface area contributed by atoms with E-state index < -0.39 is 10.0 Å². The van der Waals surface area contributed by atoms with Crippen molar-refractivity contribution in [1.82, 2.24) is 20.2 Å². The average molecular weight is 405 g/mol. The van der Waals surface area contributed by atoms with Gasteiger partial charge in [0, 0.05) is 24.1 Å². The third-order valence-electron chi connectivity index (χ3n) is 3.54. The van der Waals surface area contributed by atoms with Gasteiger partial charge in [0.1, 0.15) is 10.6 Å². The lowest BCUT2D eigenvalue weighted by Gasteiger charge is -2.13. The van der Waals surface area contributed by atoms with Crippen molar-refractivity contribution in [3.8, 4) is 17.2 Å². The van der Waals surface area contributed by atoms with Gasteiger partial charge in [-0.15, -0.1) is 12.4 Å². The molecule has 8 nitrogen and oxygen atoms in total. The Morgan fingerprint density at radius 2 is 1.96 bits per heavy atom. The van der Waals surface area contributed by atoms with E-state index in [-0.39, 0.29) is 41.0 Å². The monoisotopic (exact) mass is 404 g/mol. The van der Waals surface area contributed by atoms with Crippen molar-refractivity contribution in [3.63, 3.8) is 0 Å². The minimum atomic E-state index is -3.72. The molecule has 2 rings (SSSR count). The molecule has 0 aliphatic heterocycles. The summed E-state index contributed by atoms with van der Waals surface area (Å²) < 4.78 is 38.1. The van der Waals surface area contributed by atoms with Gasteiger partial charge in [0.15, 0.2) is 5.82 Å². The van der Waals surface area contributed by atoms with Gasteiger partial charge in [0.2, 0.25) is 10.0 Å². The number of ether oxygens (including phenoxy) is 1. The molecule has 2 aromatic rings. The molecule has 146 valence electrons. The first kappa shape index (κ1) is 22.4. The van der Waals surface area contributed by atoms with E-state index in [1.165, 1.54) is 13.2 Å². The highest BCUT2D eigenvalue weighted by molar-refractivity contribution is 7.89. The molecule has 0 saturated carbocycles. The van der Waals surface area contributed by atoms with Crippen molar-refractivity contribution < 1.29 is 17.7 Å². The summed E-state index contributed by atoms with van der Waals surface area (Å²) in [7, 11) is -0.445. The fourth-order valence-corrected chi connectivity index (χ4v) is 3.67. The number of sulfonamides is 1. The SMILES string of the molecule is CNC(C)Cc1noc(-c2ccc(OC)c(S(=O)(=O)NC(C)C)c2)n1.Cl. The number of likely N-dealkylation sites (N-methyl/N-ethyl adjacent to an activating group) is 1. The van der Waals surface area contributed by atoms with Crippen molar-refractivity contribution in [3.05, 3.63) is 24.0 Å². The van der Waals surface area contributed by atoms with Crippen LogP contribution in [0.3, 0.4) is 0 Å². The Morgan fingerprint density at radius 3 is 2.54 bits per heavy atom. The zero-order chi connectivity index (χ0) is 18.6. The summed E-state index contributed by atoms with van der Waals surface area (Å²) in [5, 5.41) is 7.04. The van der Waals surface area contributed by atoms with Gasteiger partial charge >= 0.3 is 0 Å². The molecule has 10 heteroatoms. The Morgan fingerprint density at radius 1 is 1.27 bits per heavy atom. The summed E-state index contributed by atoms with van der Waals surface area (Å²) in [5.74, 6) is 1.07. The van der Waals surface area contributed by atoms with Gasteiger partial charge in [0.25, 0.3) is 5.89 Å². The largest absolute Gasteiger partial charge is 0.495 e. The van der Waals surface area contributed by atoms with Crippen LogP contribution in [0.2, 0.25) is 0 Å². The van der Waals surface area contributed by atoms with Gasteiger partial charge in [-0.3, -0.25) is 0 Å². The van der Waals surface area contributed by atoms with E-state index in [0.29, 0.717) is 17.8 Å². The van der Waals surface area contributed by atoms with Crippen LogP contribution in [0, 0.1) is 0 Å². The van der Waals surface area contributed by atoms with Crippen LogP contribution in [0.15, 0.2) is 27.6 Å². The van der Waals surface area contributed by atoms with Crippen LogP contribution in [0.1, 0.15) is 26.6 Å². The molecule has 0 aliphatic rings. The predicted octanol–water partition coefficient (Wildman–Crippen LogP) is 2.00. The van der Waals surface area contributed by atoms with Crippen molar-refractivity contribution in [2.24, 2.45) is 0 Å². The van der Waals surface area contributed by atoms with Crippen LogP contribution in [-0.2, 0) is 16.4 Å². The third kappa shape index (κ3) is 5.41. The molecule has 1 aromatic heterocycles. The van der Waals surface area contributed by atoms with Gasteiger partial charge in [-0.1, -0.05) is 5.16 Å². The van der Waals surface area contributed by atoms with E-state index in [1.54, 1.807) is 26.0 Å². The highest BCUT2D eigenvalue weighted by atomic mass is 35.5. The maximum atomic E-state index is 12.5. The summed E-state index contributed by atoms with van der Waals surface area (Å²) in [5.41, 5.74) is 0.515. The summed E-state index contributed by atoms with van der Waals surface area (Å²) in [6.45, 7) is 5.51. The number of hydrogen-bond acceptors (Lipinski definition) is 7. The summed E-state index contributed by atoms with van der Waals surface area (Å²) in [4.78, 5) is 4.37. The molecule has 26 heavy (non-hydrogen) atoms. The Balaban J connectivity index is 0.00000338. The van der Waals surface area contributed by atoms with E-state index in [0.717, 1.165) is 0 Å². The average Bonchev–Trinajstić information content (AvgIpc) is 3.01. The Kier molecular flexibility index (Phi) is 8.01. The Hall–Kier alpha value is -1.68. The van der Waals surface area contributed by atoms with Crippen molar-refractivity contribution in [2.75, 3.05) is 14.2 Å². The van der Waals surface area contributed by atoms with E-state index in [9.17, 15) is 8.42 Å². The van der Waals surface area contributed by atoms with Gasteiger partial charge < -0.3 is 14.6 Å². The zero-order valence-electron chi connectivity index (χ0n) is 15.4. The van der Waals surface area contributed by atoms with Crippen LogP contribution in [-0.4, -0.2) is 44.8 Å². The lowest BCUT2D eigenvalue weighted by atomic mass is 10.2. The number of rotatable bonds is 8. The molecule has 1 aromatic carbocycles. The van der Waals surface area contributed by atoms with Crippen LogP contribution >= 0.6 is 12.4 Å². The Bertz CT molecular complexity index is 823. The zero-order valence-corrected chi connectivity index (χ0v) is 17.1. The lowest BCUT2D eigenvalue weighted by Crippen LogP contribution is -2.30. The first-order valence-corrected chi connectivity index (χ1v) is 9.45. The quantitative estimate of drug-likeness (QED) is 0.692. The van der Waals surface area contributed by atoms with Crippen molar-refractivity contribution in [2.45, 2.75) is 44.2 Å². The van der Waals surface area contributed by atoms with Gasteiger partial charge in [0.05, 0.1) is 7.11 Å². The second-order valence-electron chi connectivity index (χ2n) is 6.05. The lowest BCUT2D eigenvalue weighted by molar-refractivity contribution is 0.401. The summed E-state index contributed by atoms with van der Waals surface area (Å²) in [6, 6.07) is 4.70. The molecule has 0 aliphatic carbocycles. The fraction of sp³-hybridized carbons (Fsp3) is 0.500.